The Balaban J connectivity index is 1.79. The number of carbonyl (C=O) groups is 1. The maximum Gasteiger partial charge on any atom is 0.251 e. The molecule has 0 aromatic heterocycles. The molecule has 0 atom stereocenters. The summed E-state index contributed by atoms with van der Waals surface area (Å²) in [5.74, 6) is 0.670. The molecule has 0 bridgehead atoms. The summed E-state index contributed by atoms with van der Waals surface area (Å²) in [5.41, 5.74) is 4.22. The zero-order chi connectivity index (χ0) is 14.9. The van der Waals surface area contributed by atoms with Crippen molar-refractivity contribution in [3.63, 3.8) is 0 Å². The third-order valence-electron chi connectivity index (χ3n) is 4.25. The van der Waals surface area contributed by atoms with Crippen molar-refractivity contribution in [2.45, 2.75) is 50.9 Å². The highest BCUT2D eigenvalue weighted by Gasteiger charge is 2.15. The van der Waals surface area contributed by atoms with Gasteiger partial charge in [0.1, 0.15) is 0 Å². The van der Waals surface area contributed by atoms with Crippen molar-refractivity contribution < 1.29 is 10.0 Å². The molecule has 1 aliphatic carbocycles. The van der Waals surface area contributed by atoms with E-state index in [0.29, 0.717) is 19.0 Å². The molecule has 1 saturated carbocycles. The minimum atomic E-state index is -0.0119. The van der Waals surface area contributed by atoms with Crippen molar-refractivity contribution in [1.82, 2.24) is 10.8 Å². The molecule has 0 unspecified atom stereocenters. The van der Waals surface area contributed by atoms with Gasteiger partial charge in [0.05, 0.1) is 0 Å². The highest BCUT2D eigenvalue weighted by Crippen LogP contribution is 2.32. The van der Waals surface area contributed by atoms with Gasteiger partial charge in [0.25, 0.3) is 5.91 Å². The molecular weight excluding hydrogens is 264 g/mol. The largest absolute Gasteiger partial charge is 0.352 e. The number of hydrogen-bond donors (Lipinski definition) is 3. The average Bonchev–Trinajstić information content (AvgIpc) is 2.55. The molecule has 0 heterocycles. The lowest BCUT2D eigenvalue weighted by atomic mass is 9.84. The fourth-order valence-electron chi connectivity index (χ4n) is 2.98. The van der Waals surface area contributed by atoms with Crippen molar-refractivity contribution in [2.75, 3.05) is 13.1 Å². The first-order valence-corrected chi connectivity index (χ1v) is 8.06. The number of amides is 1. The third-order valence-corrected chi connectivity index (χ3v) is 4.25. The molecule has 0 radical (unpaired) electrons. The number of benzene rings is 1. The lowest BCUT2D eigenvalue weighted by Gasteiger charge is -2.22. The van der Waals surface area contributed by atoms with Crippen LogP contribution < -0.4 is 10.8 Å². The topological polar surface area (TPSA) is 61.4 Å². The Morgan fingerprint density at radius 3 is 2.38 bits per heavy atom. The monoisotopic (exact) mass is 290 g/mol. The molecule has 0 saturated heterocycles. The standard InChI is InChI=1S/C17H26N2O2/c20-17(18-12-4-5-13-19-21)16-10-8-15(9-11-16)14-6-2-1-3-7-14/h8-11,14,19,21H,1-7,12-13H2,(H,18,20). The highest BCUT2D eigenvalue weighted by molar-refractivity contribution is 5.94. The van der Waals surface area contributed by atoms with Gasteiger partial charge in [-0.1, -0.05) is 31.4 Å². The molecule has 0 spiro atoms. The lowest BCUT2D eigenvalue weighted by Crippen LogP contribution is -2.25. The molecule has 3 N–H and O–H groups in total. The maximum atomic E-state index is 12.0. The van der Waals surface area contributed by atoms with E-state index in [4.69, 9.17) is 5.21 Å². The Hall–Kier alpha value is -1.39. The van der Waals surface area contributed by atoms with Crippen molar-refractivity contribution in [3.8, 4) is 0 Å². The van der Waals surface area contributed by atoms with E-state index in [-0.39, 0.29) is 5.91 Å². The van der Waals surface area contributed by atoms with Gasteiger partial charge >= 0.3 is 0 Å². The second kappa shape index (κ2) is 8.80. The van der Waals surface area contributed by atoms with Gasteiger partial charge in [0.15, 0.2) is 0 Å². The van der Waals surface area contributed by atoms with Crippen LogP contribution in [0.25, 0.3) is 0 Å². The van der Waals surface area contributed by atoms with Gasteiger partial charge in [0, 0.05) is 18.7 Å². The van der Waals surface area contributed by atoms with Gasteiger partial charge in [-0.05, 0) is 49.3 Å². The van der Waals surface area contributed by atoms with Crippen LogP contribution in [-0.2, 0) is 0 Å². The summed E-state index contributed by atoms with van der Waals surface area (Å²) in [4.78, 5) is 12.0. The second-order valence-electron chi connectivity index (χ2n) is 5.83. The van der Waals surface area contributed by atoms with Crippen LogP contribution >= 0.6 is 0 Å². The predicted molar refractivity (Wildman–Crippen MR) is 83.6 cm³/mol. The van der Waals surface area contributed by atoms with Crippen LogP contribution in [0.2, 0.25) is 0 Å². The van der Waals surface area contributed by atoms with Crippen LogP contribution in [0.15, 0.2) is 24.3 Å². The van der Waals surface area contributed by atoms with Crippen LogP contribution in [0.5, 0.6) is 0 Å². The van der Waals surface area contributed by atoms with Crippen molar-refractivity contribution in [1.29, 1.82) is 0 Å². The van der Waals surface area contributed by atoms with E-state index in [1.54, 1.807) is 0 Å². The third kappa shape index (κ3) is 5.14. The lowest BCUT2D eigenvalue weighted by molar-refractivity contribution is 0.0952. The number of hydroxylamine groups is 1. The van der Waals surface area contributed by atoms with E-state index in [1.165, 1.54) is 37.7 Å². The number of unbranched alkanes of at least 4 members (excludes halogenated alkanes) is 1. The number of hydrogen-bond acceptors (Lipinski definition) is 3. The van der Waals surface area contributed by atoms with Gasteiger partial charge in [-0.25, -0.2) is 5.48 Å². The van der Waals surface area contributed by atoms with Gasteiger partial charge in [-0.15, -0.1) is 0 Å². The number of rotatable bonds is 7. The smallest absolute Gasteiger partial charge is 0.251 e. The van der Waals surface area contributed by atoms with E-state index < -0.39 is 0 Å². The molecule has 116 valence electrons. The fraction of sp³-hybridized carbons (Fsp3) is 0.588. The summed E-state index contributed by atoms with van der Waals surface area (Å²) in [5, 5.41) is 11.4. The Bertz CT molecular complexity index is 425. The summed E-state index contributed by atoms with van der Waals surface area (Å²) in [6.07, 6.45) is 8.29. The molecule has 1 amide bonds. The van der Waals surface area contributed by atoms with E-state index in [1.807, 2.05) is 12.1 Å². The zero-order valence-electron chi connectivity index (χ0n) is 12.6. The van der Waals surface area contributed by atoms with Gasteiger partial charge in [-0.3, -0.25) is 4.79 Å². The number of nitrogens with one attached hydrogen (secondary N) is 2. The Morgan fingerprint density at radius 1 is 1.05 bits per heavy atom. The van der Waals surface area contributed by atoms with Crippen molar-refractivity contribution >= 4 is 5.91 Å². The van der Waals surface area contributed by atoms with Crippen LogP contribution in [0, 0.1) is 0 Å². The Morgan fingerprint density at radius 2 is 1.71 bits per heavy atom. The molecule has 0 aliphatic heterocycles. The van der Waals surface area contributed by atoms with Gasteiger partial charge in [0.2, 0.25) is 0 Å². The van der Waals surface area contributed by atoms with Gasteiger partial charge in [-0.2, -0.15) is 0 Å². The zero-order valence-corrected chi connectivity index (χ0v) is 12.6. The Kier molecular flexibility index (Phi) is 6.70. The fourth-order valence-corrected chi connectivity index (χ4v) is 2.98. The molecule has 4 heteroatoms. The SMILES string of the molecule is O=C(NCCCCNO)c1ccc(C2CCCCC2)cc1. The van der Waals surface area contributed by atoms with Crippen LogP contribution in [0.3, 0.4) is 0 Å². The first-order valence-electron chi connectivity index (χ1n) is 8.06. The molecule has 1 aromatic rings. The minimum Gasteiger partial charge on any atom is -0.352 e. The molecule has 1 aliphatic rings. The van der Waals surface area contributed by atoms with Crippen LogP contribution in [0.1, 0.15) is 66.8 Å². The average molecular weight is 290 g/mol. The summed E-state index contributed by atoms with van der Waals surface area (Å²) >= 11 is 0. The molecule has 1 aromatic carbocycles. The van der Waals surface area contributed by atoms with E-state index in [0.717, 1.165) is 18.4 Å². The summed E-state index contributed by atoms with van der Waals surface area (Å²) in [6, 6.07) is 8.10. The highest BCUT2D eigenvalue weighted by atomic mass is 16.5. The number of carbonyl (C=O) groups excluding carboxylic acids is 1. The predicted octanol–water partition coefficient (Wildman–Crippen LogP) is 3.22. The molecule has 1 fully saturated rings. The summed E-state index contributed by atoms with van der Waals surface area (Å²) in [7, 11) is 0. The van der Waals surface area contributed by atoms with Crippen LogP contribution in [-0.4, -0.2) is 24.2 Å². The quantitative estimate of drug-likeness (QED) is 0.534. The summed E-state index contributed by atoms with van der Waals surface area (Å²) < 4.78 is 0. The molecule has 21 heavy (non-hydrogen) atoms. The van der Waals surface area contributed by atoms with Crippen LogP contribution in [0.4, 0.5) is 0 Å². The molecule has 4 nitrogen and oxygen atoms in total. The first-order chi connectivity index (χ1) is 10.3. The maximum absolute atomic E-state index is 12.0. The summed E-state index contributed by atoms with van der Waals surface area (Å²) in [6.45, 7) is 1.21. The van der Waals surface area contributed by atoms with E-state index >= 15 is 0 Å². The van der Waals surface area contributed by atoms with Crippen molar-refractivity contribution in [2.24, 2.45) is 0 Å². The molecule has 2 rings (SSSR count). The minimum absolute atomic E-state index is 0.0119. The molecular formula is C17H26N2O2. The van der Waals surface area contributed by atoms with Gasteiger partial charge < -0.3 is 10.5 Å². The first kappa shape index (κ1) is 16.0. The van der Waals surface area contributed by atoms with Crippen molar-refractivity contribution in [3.05, 3.63) is 35.4 Å². The second-order valence-corrected chi connectivity index (χ2v) is 5.83. The van der Waals surface area contributed by atoms with E-state index in [2.05, 4.69) is 22.9 Å². The normalized spacial score (nSPS) is 15.9. The Labute approximate surface area is 126 Å². The van der Waals surface area contributed by atoms with E-state index in [9.17, 15) is 4.79 Å².